The standard InChI is InChI=1S/C58H40S5/c1-33-9-17-38(18-10-33)57(39-19-11-34(2)12-20-39)45-30-44-46(29-43(45)42-27-37-28-51(48-7-5-25-59-48)61-50(37)31-47(42)57)58(40-21-13-35(3)14-22-40,41-23-15-36(4)16-24-41)54-55(44)63-53-32-52(62-56(53)54)49-8-6-26-60-49/h5-32H,1-4H3. The molecule has 0 unspecified atom stereocenters. The third-order valence-corrected chi connectivity index (χ3v) is 19.4. The van der Waals surface area contributed by atoms with E-state index in [4.69, 9.17) is 0 Å². The average molecular weight is 897 g/mol. The lowest BCUT2D eigenvalue weighted by atomic mass is 9.65. The summed E-state index contributed by atoms with van der Waals surface area (Å²) in [6.45, 7) is 8.83. The molecule has 2 aliphatic rings. The van der Waals surface area contributed by atoms with E-state index in [9.17, 15) is 0 Å². The Morgan fingerprint density at radius 3 is 1.35 bits per heavy atom. The number of fused-ring (bicyclic) bond motifs is 9. The normalized spacial score (nSPS) is 14.3. The second kappa shape index (κ2) is 13.9. The quantitative estimate of drug-likeness (QED) is 0.156. The number of benzene rings is 6. The molecule has 0 saturated carbocycles. The van der Waals surface area contributed by atoms with Gasteiger partial charge in [0.25, 0.3) is 0 Å². The molecule has 5 aromatic heterocycles. The van der Waals surface area contributed by atoms with Gasteiger partial charge >= 0.3 is 0 Å². The molecule has 0 atom stereocenters. The van der Waals surface area contributed by atoms with Gasteiger partial charge in [-0.3, -0.25) is 0 Å². The molecule has 0 radical (unpaired) electrons. The van der Waals surface area contributed by atoms with E-state index < -0.39 is 10.8 Å². The molecule has 0 aliphatic heterocycles. The smallest absolute Gasteiger partial charge is 0.0736 e. The highest BCUT2D eigenvalue weighted by Gasteiger charge is 2.53. The third kappa shape index (κ3) is 5.35. The molecule has 2 aliphatic carbocycles. The van der Waals surface area contributed by atoms with Gasteiger partial charge in [0.2, 0.25) is 0 Å². The fourth-order valence-corrected chi connectivity index (χ4v) is 16.3. The molecular formula is C58H40S5. The van der Waals surface area contributed by atoms with E-state index in [-0.39, 0.29) is 0 Å². The summed E-state index contributed by atoms with van der Waals surface area (Å²) in [4.78, 5) is 6.74. The van der Waals surface area contributed by atoms with Crippen LogP contribution in [0.5, 0.6) is 0 Å². The van der Waals surface area contributed by atoms with Crippen LogP contribution in [-0.4, -0.2) is 0 Å². The van der Waals surface area contributed by atoms with Crippen molar-refractivity contribution < 1.29 is 0 Å². The van der Waals surface area contributed by atoms with E-state index in [1.54, 1.807) is 0 Å². The fraction of sp³-hybridized carbons (Fsp3) is 0.103. The molecular weight excluding hydrogens is 857 g/mol. The van der Waals surface area contributed by atoms with E-state index in [0.29, 0.717) is 0 Å². The van der Waals surface area contributed by atoms with Crippen molar-refractivity contribution >= 4 is 76.2 Å². The Bertz CT molecular complexity index is 3460. The zero-order chi connectivity index (χ0) is 42.2. The second-order valence-electron chi connectivity index (χ2n) is 17.5. The number of rotatable bonds is 6. The Kier molecular flexibility index (Phi) is 8.36. The first kappa shape index (κ1) is 37.9. The van der Waals surface area contributed by atoms with Crippen molar-refractivity contribution in [3.8, 4) is 41.1 Å². The first-order valence-corrected chi connectivity index (χ1v) is 25.7. The summed E-state index contributed by atoms with van der Waals surface area (Å²) in [7, 11) is 0. The summed E-state index contributed by atoms with van der Waals surface area (Å²) < 4.78 is 4.11. The highest BCUT2D eigenvalue weighted by Crippen LogP contribution is 2.66. The lowest BCUT2D eigenvalue weighted by Gasteiger charge is -2.35. The SMILES string of the molecule is Cc1ccc(C2(c3ccc(C)cc3)c3cc4c(cc3-c3cc5cc(-c6cccs6)sc5cc32)C(c2ccc(C)cc2)(c2ccc(C)cc2)c2c-4sc3cc(-c4cccs4)sc23)cc1. The minimum absolute atomic E-state index is 0.533. The van der Waals surface area contributed by atoms with Crippen LogP contribution in [0, 0.1) is 27.7 Å². The van der Waals surface area contributed by atoms with E-state index in [0.717, 1.165) is 0 Å². The Labute approximate surface area is 388 Å². The number of aryl methyl sites for hydroxylation is 4. The van der Waals surface area contributed by atoms with E-state index in [1.165, 1.54) is 127 Å². The molecule has 0 fully saturated rings. The van der Waals surface area contributed by atoms with Crippen LogP contribution in [0.3, 0.4) is 0 Å². The van der Waals surface area contributed by atoms with Gasteiger partial charge in [0, 0.05) is 39.3 Å². The molecule has 63 heavy (non-hydrogen) atoms. The van der Waals surface area contributed by atoms with E-state index in [1.807, 2.05) is 56.7 Å². The van der Waals surface area contributed by atoms with Crippen LogP contribution in [-0.2, 0) is 10.8 Å². The van der Waals surface area contributed by atoms with Crippen molar-refractivity contribution in [1.82, 2.24) is 0 Å². The van der Waals surface area contributed by atoms with Crippen LogP contribution in [0.15, 0.2) is 168 Å². The number of hydrogen-bond donors (Lipinski definition) is 0. The summed E-state index contributed by atoms with van der Waals surface area (Å²) in [5, 5.41) is 5.70. The molecule has 0 amide bonds. The van der Waals surface area contributed by atoms with Gasteiger partial charge in [-0.05, 0) is 148 Å². The lowest BCUT2D eigenvalue weighted by Crippen LogP contribution is -2.30. The van der Waals surface area contributed by atoms with E-state index >= 15 is 0 Å². The molecule has 0 saturated heterocycles. The topological polar surface area (TPSA) is 0 Å². The molecule has 13 rings (SSSR count). The van der Waals surface area contributed by atoms with Crippen molar-refractivity contribution in [2.24, 2.45) is 0 Å². The van der Waals surface area contributed by atoms with Crippen LogP contribution in [0.25, 0.3) is 60.6 Å². The molecule has 0 bridgehead atoms. The summed E-state index contributed by atoms with van der Waals surface area (Å²) in [6.07, 6.45) is 0. The summed E-state index contributed by atoms with van der Waals surface area (Å²) in [5.74, 6) is 0. The van der Waals surface area contributed by atoms with E-state index in [2.05, 4.69) is 196 Å². The molecule has 0 N–H and O–H groups in total. The van der Waals surface area contributed by atoms with Gasteiger partial charge in [-0.2, -0.15) is 0 Å². The van der Waals surface area contributed by atoms with Crippen molar-refractivity contribution in [3.05, 3.63) is 235 Å². The van der Waals surface area contributed by atoms with Crippen LogP contribution < -0.4 is 0 Å². The monoisotopic (exact) mass is 896 g/mol. The Balaban J connectivity index is 1.19. The number of thiophene rings is 5. The van der Waals surface area contributed by atoms with Crippen LogP contribution >= 0.6 is 56.7 Å². The zero-order valence-corrected chi connectivity index (χ0v) is 39.3. The van der Waals surface area contributed by atoms with Gasteiger partial charge in [0.05, 0.1) is 15.5 Å². The Morgan fingerprint density at radius 2 is 0.825 bits per heavy atom. The molecule has 6 aromatic carbocycles. The second-order valence-corrected chi connectivity index (χ2v) is 22.6. The minimum Gasteiger partial charge on any atom is -0.143 e. The molecule has 11 aromatic rings. The van der Waals surface area contributed by atoms with Crippen molar-refractivity contribution in [1.29, 1.82) is 0 Å². The molecule has 0 nitrogen and oxygen atoms in total. The molecule has 302 valence electrons. The largest absolute Gasteiger partial charge is 0.143 e. The van der Waals surface area contributed by atoms with Crippen molar-refractivity contribution in [3.63, 3.8) is 0 Å². The first-order chi connectivity index (χ1) is 30.8. The van der Waals surface area contributed by atoms with Crippen LogP contribution in [0.2, 0.25) is 0 Å². The van der Waals surface area contributed by atoms with Crippen LogP contribution in [0.4, 0.5) is 0 Å². The zero-order valence-electron chi connectivity index (χ0n) is 35.2. The predicted molar refractivity (Wildman–Crippen MR) is 275 cm³/mol. The predicted octanol–water partition coefficient (Wildman–Crippen LogP) is 17.6. The van der Waals surface area contributed by atoms with Gasteiger partial charge in [0.1, 0.15) is 0 Å². The Hall–Kier alpha value is -5.66. The maximum Gasteiger partial charge on any atom is 0.0736 e. The van der Waals surface area contributed by atoms with Crippen molar-refractivity contribution in [2.75, 3.05) is 0 Å². The maximum absolute atomic E-state index is 2.65. The minimum atomic E-state index is -0.539. The summed E-state index contributed by atoms with van der Waals surface area (Å²) in [5.41, 5.74) is 18.8. The Morgan fingerprint density at radius 1 is 0.365 bits per heavy atom. The first-order valence-electron chi connectivity index (χ1n) is 21.5. The maximum atomic E-state index is 2.65. The molecule has 0 spiro atoms. The highest BCUT2D eigenvalue weighted by molar-refractivity contribution is 7.32. The summed E-state index contributed by atoms with van der Waals surface area (Å²) in [6, 6.07) is 61.9. The van der Waals surface area contributed by atoms with Gasteiger partial charge in [0.15, 0.2) is 0 Å². The van der Waals surface area contributed by atoms with Crippen molar-refractivity contribution in [2.45, 2.75) is 38.5 Å². The van der Waals surface area contributed by atoms with Gasteiger partial charge < -0.3 is 0 Å². The fourth-order valence-electron chi connectivity index (χ4n) is 10.8. The number of hydrogen-bond acceptors (Lipinski definition) is 5. The van der Waals surface area contributed by atoms with Gasteiger partial charge in [-0.1, -0.05) is 131 Å². The molecule has 5 heterocycles. The summed E-state index contributed by atoms with van der Waals surface area (Å²) >= 11 is 9.55. The van der Waals surface area contributed by atoms with Gasteiger partial charge in [-0.25, -0.2) is 0 Å². The average Bonchev–Trinajstić information content (AvgIpc) is 4.16. The lowest BCUT2D eigenvalue weighted by molar-refractivity contribution is 0.762. The van der Waals surface area contributed by atoms with Crippen LogP contribution in [0.1, 0.15) is 66.8 Å². The third-order valence-electron chi connectivity index (χ3n) is 13.8. The van der Waals surface area contributed by atoms with Gasteiger partial charge in [-0.15, -0.1) is 56.7 Å². The highest BCUT2D eigenvalue weighted by atomic mass is 32.1. The molecule has 5 heteroatoms.